The highest BCUT2D eigenvalue weighted by Gasteiger charge is 2.25. The normalized spacial score (nSPS) is 12.2. The van der Waals surface area contributed by atoms with E-state index in [1.807, 2.05) is 6.92 Å². The van der Waals surface area contributed by atoms with Crippen LogP contribution in [0.15, 0.2) is 0 Å². The first-order valence-electron chi connectivity index (χ1n) is 4.02. The summed E-state index contributed by atoms with van der Waals surface area (Å²) in [5.74, 6) is -2.24. The summed E-state index contributed by atoms with van der Waals surface area (Å²) in [6.07, 6.45) is 1.25. The van der Waals surface area contributed by atoms with Gasteiger partial charge in [0.25, 0.3) is 0 Å². The monoisotopic (exact) mass is 176 g/mol. The lowest BCUT2D eigenvalue weighted by atomic mass is 9.98. The molecule has 0 saturated carbocycles. The van der Waals surface area contributed by atoms with Gasteiger partial charge >= 0.3 is 5.97 Å². The number of Topliss-reactive ketones (excluding diaryl/α,β-unsaturated/α-hetero) is 1. The van der Waals surface area contributed by atoms with Crippen molar-refractivity contribution in [1.29, 1.82) is 0 Å². The van der Waals surface area contributed by atoms with E-state index in [-0.39, 0.29) is 5.78 Å². The number of rotatable bonds is 5. The molecular formula is C8H13FO3. The zero-order chi connectivity index (χ0) is 9.56. The molecule has 0 aromatic carbocycles. The minimum atomic E-state index is -1.07. The molecule has 1 unspecified atom stereocenters. The van der Waals surface area contributed by atoms with Crippen LogP contribution in [0.3, 0.4) is 0 Å². The van der Waals surface area contributed by atoms with Gasteiger partial charge < -0.3 is 0 Å². The zero-order valence-electron chi connectivity index (χ0n) is 7.30. The van der Waals surface area contributed by atoms with Crippen molar-refractivity contribution < 1.29 is 19.1 Å². The predicted molar refractivity (Wildman–Crippen MR) is 40.9 cm³/mol. The van der Waals surface area contributed by atoms with E-state index in [0.717, 1.165) is 0 Å². The molecule has 0 aliphatic carbocycles. The summed E-state index contributed by atoms with van der Waals surface area (Å²) < 4.78 is 11.4. The lowest BCUT2D eigenvalue weighted by molar-refractivity contribution is -0.189. The molecule has 0 amide bonds. The van der Waals surface area contributed by atoms with Gasteiger partial charge in [-0.15, -0.1) is 0 Å². The van der Waals surface area contributed by atoms with Crippen LogP contribution in [0, 0.1) is 5.92 Å². The van der Waals surface area contributed by atoms with Gasteiger partial charge in [-0.1, -0.05) is 13.8 Å². The predicted octanol–water partition coefficient (Wildman–Crippen LogP) is 1.81. The average Bonchev–Trinajstić information content (AvgIpc) is 2.06. The number of ketones is 1. The van der Waals surface area contributed by atoms with Crippen molar-refractivity contribution in [2.75, 3.05) is 0 Å². The molecule has 0 N–H and O–H groups in total. The number of halogens is 1. The molecule has 0 aliphatic heterocycles. The highest BCUT2D eigenvalue weighted by molar-refractivity contribution is 5.98. The standard InChI is InChI=1S/C8H13FO3/c1-3-5-7(10)6(4-2)8(11)12-9/h6H,3-5H2,1-2H3. The largest absolute Gasteiger partial charge is 0.359 e. The van der Waals surface area contributed by atoms with E-state index in [4.69, 9.17) is 0 Å². The summed E-state index contributed by atoms with van der Waals surface area (Å²) in [4.78, 5) is 24.8. The van der Waals surface area contributed by atoms with Gasteiger partial charge in [0, 0.05) is 10.9 Å². The van der Waals surface area contributed by atoms with E-state index >= 15 is 0 Å². The molecule has 0 aromatic rings. The van der Waals surface area contributed by atoms with Gasteiger partial charge in [-0.05, 0) is 12.8 Å². The molecule has 4 heteroatoms. The minimum absolute atomic E-state index is 0.248. The minimum Gasteiger partial charge on any atom is -0.299 e. The second-order valence-corrected chi connectivity index (χ2v) is 2.57. The maximum atomic E-state index is 11.4. The fourth-order valence-corrected chi connectivity index (χ4v) is 1.00. The van der Waals surface area contributed by atoms with Gasteiger partial charge in [0.05, 0.1) is 0 Å². The molecule has 0 aromatic heterocycles. The van der Waals surface area contributed by atoms with Crippen LogP contribution >= 0.6 is 0 Å². The Bertz CT molecular complexity index is 168. The molecule has 0 saturated heterocycles. The molecule has 0 fully saturated rings. The number of hydrogen-bond acceptors (Lipinski definition) is 3. The summed E-state index contributed by atoms with van der Waals surface area (Å²) in [5.41, 5.74) is 0. The first-order chi connectivity index (χ1) is 5.67. The van der Waals surface area contributed by atoms with Gasteiger partial charge in [0.2, 0.25) is 0 Å². The van der Waals surface area contributed by atoms with Crippen molar-refractivity contribution >= 4 is 11.8 Å². The molecule has 0 aliphatic rings. The number of carbonyl (C=O) groups is 2. The van der Waals surface area contributed by atoms with Crippen LogP contribution in [0.4, 0.5) is 4.53 Å². The highest BCUT2D eigenvalue weighted by Crippen LogP contribution is 2.10. The Balaban J connectivity index is 4.14. The van der Waals surface area contributed by atoms with Crippen LogP contribution in [0.1, 0.15) is 33.1 Å². The van der Waals surface area contributed by atoms with Gasteiger partial charge in [-0.2, -0.15) is 0 Å². The van der Waals surface area contributed by atoms with E-state index in [1.54, 1.807) is 6.92 Å². The smallest absolute Gasteiger partial charge is 0.299 e. The average molecular weight is 176 g/mol. The van der Waals surface area contributed by atoms with Crippen LogP contribution in [-0.4, -0.2) is 11.8 Å². The van der Waals surface area contributed by atoms with Crippen molar-refractivity contribution in [2.45, 2.75) is 33.1 Å². The van der Waals surface area contributed by atoms with E-state index in [9.17, 15) is 14.1 Å². The first kappa shape index (κ1) is 11.1. The zero-order valence-corrected chi connectivity index (χ0v) is 7.30. The van der Waals surface area contributed by atoms with E-state index in [2.05, 4.69) is 4.94 Å². The number of carbonyl (C=O) groups excluding carboxylic acids is 2. The molecule has 1 atom stereocenters. The van der Waals surface area contributed by atoms with Crippen molar-refractivity contribution in [3.63, 3.8) is 0 Å². The molecule has 0 radical (unpaired) electrons. The molecule has 0 spiro atoms. The Kier molecular flexibility index (Phi) is 5.25. The third kappa shape index (κ3) is 2.98. The topological polar surface area (TPSA) is 43.4 Å². The van der Waals surface area contributed by atoms with Crippen molar-refractivity contribution in [3.05, 3.63) is 0 Å². The van der Waals surface area contributed by atoms with E-state index in [1.165, 1.54) is 0 Å². The third-order valence-corrected chi connectivity index (χ3v) is 1.65. The summed E-state index contributed by atoms with van der Waals surface area (Å²) in [7, 11) is 0. The fourth-order valence-electron chi connectivity index (χ4n) is 1.00. The summed E-state index contributed by atoms with van der Waals surface area (Å²) in [6.45, 7) is 3.47. The number of hydrogen-bond donors (Lipinski definition) is 0. The second-order valence-electron chi connectivity index (χ2n) is 2.57. The molecule has 0 rings (SSSR count). The molecule has 70 valence electrons. The Hall–Kier alpha value is -0.930. The fraction of sp³-hybridized carbons (Fsp3) is 0.750. The van der Waals surface area contributed by atoms with Crippen LogP contribution < -0.4 is 0 Å². The highest BCUT2D eigenvalue weighted by atomic mass is 19.3. The molecular weight excluding hydrogens is 163 g/mol. The SMILES string of the molecule is CCCC(=O)C(CC)C(=O)OF. The van der Waals surface area contributed by atoms with Gasteiger partial charge in [0.15, 0.2) is 0 Å². The maximum absolute atomic E-state index is 11.4. The molecule has 0 heterocycles. The van der Waals surface area contributed by atoms with Crippen molar-refractivity contribution in [3.8, 4) is 0 Å². The summed E-state index contributed by atoms with van der Waals surface area (Å²) in [6, 6.07) is 0. The van der Waals surface area contributed by atoms with Gasteiger partial charge in [0.1, 0.15) is 11.7 Å². The maximum Gasteiger partial charge on any atom is 0.359 e. The van der Waals surface area contributed by atoms with Crippen molar-refractivity contribution in [1.82, 2.24) is 0 Å². The van der Waals surface area contributed by atoms with Crippen LogP contribution in [-0.2, 0) is 14.5 Å². The quantitative estimate of drug-likeness (QED) is 0.600. The van der Waals surface area contributed by atoms with Crippen LogP contribution in [0.5, 0.6) is 0 Å². The molecule has 12 heavy (non-hydrogen) atoms. The summed E-state index contributed by atoms with van der Waals surface area (Å²) in [5, 5.41) is 0. The lowest BCUT2D eigenvalue weighted by Gasteiger charge is -2.07. The first-order valence-corrected chi connectivity index (χ1v) is 4.02. The van der Waals surface area contributed by atoms with E-state index in [0.29, 0.717) is 19.3 Å². The summed E-state index contributed by atoms with van der Waals surface area (Å²) >= 11 is 0. The van der Waals surface area contributed by atoms with E-state index < -0.39 is 11.9 Å². The second kappa shape index (κ2) is 5.69. The van der Waals surface area contributed by atoms with Crippen LogP contribution in [0.2, 0.25) is 0 Å². The Morgan fingerprint density at radius 1 is 1.42 bits per heavy atom. The molecule has 3 nitrogen and oxygen atoms in total. The van der Waals surface area contributed by atoms with Gasteiger partial charge in [-0.3, -0.25) is 9.74 Å². The third-order valence-electron chi connectivity index (χ3n) is 1.65. The Morgan fingerprint density at radius 2 is 2.00 bits per heavy atom. The van der Waals surface area contributed by atoms with Gasteiger partial charge in [-0.25, -0.2) is 4.79 Å². The Morgan fingerprint density at radius 3 is 2.33 bits per heavy atom. The van der Waals surface area contributed by atoms with Crippen LogP contribution in [0.25, 0.3) is 0 Å². The lowest BCUT2D eigenvalue weighted by Crippen LogP contribution is -2.23. The molecule has 0 bridgehead atoms. The van der Waals surface area contributed by atoms with Crippen molar-refractivity contribution in [2.24, 2.45) is 5.92 Å². The Labute approximate surface area is 70.8 Å².